The van der Waals surface area contributed by atoms with E-state index in [1.54, 1.807) is 23.9 Å². The average Bonchev–Trinajstić information content (AvgIpc) is 2.54. The van der Waals surface area contributed by atoms with Crippen LogP contribution in [0.5, 0.6) is 0 Å². The molecule has 1 amide bonds. The van der Waals surface area contributed by atoms with Gasteiger partial charge in [-0.25, -0.2) is 5.48 Å². The van der Waals surface area contributed by atoms with Crippen LogP contribution in [0.4, 0.5) is 11.4 Å². The summed E-state index contributed by atoms with van der Waals surface area (Å²) in [6.07, 6.45) is 4.84. The van der Waals surface area contributed by atoms with Gasteiger partial charge in [-0.15, -0.1) is 0 Å². The van der Waals surface area contributed by atoms with Crippen molar-refractivity contribution in [3.8, 4) is 0 Å². The van der Waals surface area contributed by atoms with Gasteiger partial charge in [-0.05, 0) is 30.3 Å². The minimum Gasteiger partial charge on any atom is -0.355 e. The normalized spacial score (nSPS) is 10.3. The summed E-state index contributed by atoms with van der Waals surface area (Å²) in [5.74, 6) is -0.580. The third-order valence-electron chi connectivity index (χ3n) is 3.02. The van der Waals surface area contributed by atoms with Crippen LogP contribution >= 0.6 is 0 Å². The van der Waals surface area contributed by atoms with E-state index in [4.69, 9.17) is 5.21 Å². The molecule has 0 aliphatic heterocycles. The minimum atomic E-state index is -0.580. The van der Waals surface area contributed by atoms with E-state index < -0.39 is 5.91 Å². The summed E-state index contributed by atoms with van der Waals surface area (Å²) in [4.78, 5) is 19.5. The fourth-order valence-corrected chi connectivity index (χ4v) is 1.99. The Bertz CT molecular complexity index is 790. The third kappa shape index (κ3) is 2.80. The fourth-order valence-electron chi connectivity index (χ4n) is 1.99. The number of pyridine rings is 2. The first-order valence-corrected chi connectivity index (χ1v) is 6.27. The van der Waals surface area contributed by atoms with Gasteiger partial charge in [0, 0.05) is 35.4 Å². The molecule has 1 aromatic carbocycles. The molecular formula is C15H12N4O2. The lowest BCUT2D eigenvalue weighted by Crippen LogP contribution is -2.18. The smallest absolute Gasteiger partial charge is 0.276 e. The first kappa shape index (κ1) is 13.0. The van der Waals surface area contributed by atoms with Gasteiger partial charge in [-0.2, -0.15) is 0 Å². The van der Waals surface area contributed by atoms with Crippen LogP contribution in [0.15, 0.2) is 55.0 Å². The van der Waals surface area contributed by atoms with Crippen molar-refractivity contribution in [2.24, 2.45) is 0 Å². The summed E-state index contributed by atoms with van der Waals surface area (Å²) >= 11 is 0. The van der Waals surface area contributed by atoms with Crippen molar-refractivity contribution in [3.05, 3.63) is 60.6 Å². The number of carbonyl (C=O) groups is 1. The molecule has 0 radical (unpaired) electrons. The number of nitrogens with one attached hydrogen (secondary N) is 2. The van der Waals surface area contributed by atoms with Crippen LogP contribution in [0, 0.1) is 0 Å². The summed E-state index contributed by atoms with van der Waals surface area (Å²) < 4.78 is 0. The van der Waals surface area contributed by atoms with Gasteiger partial charge in [0.15, 0.2) is 0 Å². The molecule has 0 fully saturated rings. The second kappa shape index (κ2) is 5.56. The molecule has 3 N–H and O–H groups in total. The molecule has 3 aromatic rings. The predicted octanol–water partition coefficient (Wildman–Crippen LogP) is 2.49. The van der Waals surface area contributed by atoms with Crippen LogP contribution in [0.2, 0.25) is 0 Å². The molecule has 2 aromatic heterocycles. The number of hydrogen-bond acceptors (Lipinski definition) is 5. The highest BCUT2D eigenvalue weighted by Gasteiger charge is 2.06. The van der Waals surface area contributed by atoms with E-state index in [1.807, 2.05) is 30.3 Å². The Morgan fingerprint density at radius 3 is 2.62 bits per heavy atom. The Kier molecular flexibility index (Phi) is 3.44. The predicted molar refractivity (Wildman–Crippen MR) is 78.5 cm³/mol. The number of aromatic nitrogens is 2. The zero-order valence-corrected chi connectivity index (χ0v) is 10.9. The molecule has 0 unspecified atom stereocenters. The van der Waals surface area contributed by atoms with Crippen LogP contribution in [0.1, 0.15) is 10.4 Å². The van der Waals surface area contributed by atoms with Crippen molar-refractivity contribution in [1.82, 2.24) is 15.4 Å². The Morgan fingerprint density at radius 2 is 1.86 bits per heavy atom. The van der Waals surface area contributed by atoms with E-state index in [2.05, 4.69) is 15.3 Å². The molecule has 21 heavy (non-hydrogen) atoms. The van der Waals surface area contributed by atoms with Gasteiger partial charge in [-0.1, -0.05) is 6.07 Å². The molecule has 0 atom stereocenters. The van der Waals surface area contributed by atoms with Crippen molar-refractivity contribution in [2.45, 2.75) is 0 Å². The summed E-state index contributed by atoms with van der Waals surface area (Å²) in [7, 11) is 0. The standard InChI is InChI=1S/C15H12N4O2/c20-15(19-21)11-7-10-1-2-13(8-14(10)17-9-11)18-12-3-5-16-6-4-12/h1-9,21H,(H,16,18)(H,19,20). The Morgan fingerprint density at radius 1 is 1.05 bits per heavy atom. The fraction of sp³-hybridized carbons (Fsp3) is 0. The maximum atomic E-state index is 11.3. The van der Waals surface area contributed by atoms with Crippen LogP contribution < -0.4 is 10.8 Å². The first-order chi connectivity index (χ1) is 10.3. The number of benzene rings is 1. The van der Waals surface area contributed by atoms with Crippen molar-refractivity contribution in [3.63, 3.8) is 0 Å². The molecule has 104 valence electrons. The molecule has 0 aliphatic carbocycles. The highest BCUT2D eigenvalue weighted by Crippen LogP contribution is 2.21. The summed E-state index contributed by atoms with van der Waals surface area (Å²) in [5, 5.41) is 12.7. The first-order valence-electron chi connectivity index (χ1n) is 6.27. The molecule has 0 bridgehead atoms. The van der Waals surface area contributed by atoms with Crippen molar-refractivity contribution < 1.29 is 10.0 Å². The number of rotatable bonds is 3. The van der Waals surface area contributed by atoms with Crippen LogP contribution in [-0.4, -0.2) is 21.1 Å². The SMILES string of the molecule is O=C(NO)c1cnc2cc(Nc3ccncc3)ccc2c1. The Balaban J connectivity index is 1.92. The molecule has 6 nitrogen and oxygen atoms in total. The minimum absolute atomic E-state index is 0.305. The number of hydroxylamine groups is 1. The Labute approximate surface area is 120 Å². The molecule has 3 rings (SSSR count). The van der Waals surface area contributed by atoms with Crippen molar-refractivity contribution in [1.29, 1.82) is 0 Å². The quantitative estimate of drug-likeness (QED) is 0.507. The van der Waals surface area contributed by atoms with E-state index in [0.717, 1.165) is 22.3 Å². The van der Waals surface area contributed by atoms with E-state index in [0.29, 0.717) is 5.56 Å². The molecule has 0 saturated heterocycles. The maximum Gasteiger partial charge on any atom is 0.276 e. The largest absolute Gasteiger partial charge is 0.355 e. The van der Waals surface area contributed by atoms with Gasteiger partial charge in [0.1, 0.15) is 0 Å². The lowest BCUT2D eigenvalue weighted by molar-refractivity contribution is 0.0706. The van der Waals surface area contributed by atoms with Crippen molar-refractivity contribution >= 4 is 28.2 Å². The van der Waals surface area contributed by atoms with Crippen LogP contribution in [-0.2, 0) is 0 Å². The van der Waals surface area contributed by atoms with Gasteiger partial charge in [0.25, 0.3) is 5.91 Å². The number of hydrogen-bond donors (Lipinski definition) is 3. The van der Waals surface area contributed by atoms with Crippen LogP contribution in [0.3, 0.4) is 0 Å². The monoisotopic (exact) mass is 280 g/mol. The average molecular weight is 280 g/mol. The number of fused-ring (bicyclic) bond motifs is 1. The molecule has 6 heteroatoms. The number of carbonyl (C=O) groups excluding carboxylic acids is 1. The number of amides is 1. The molecule has 0 aliphatic rings. The highest BCUT2D eigenvalue weighted by atomic mass is 16.5. The lowest BCUT2D eigenvalue weighted by Gasteiger charge is -2.07. The van der Waals surface area contributed by atoms with Gasteiger partial charge < -0.3 is 5.32 Å². The number of nitrogens with zero attached hydrogens (tertiary/aromatic N) is 2. The second-order valence-electron chi connectivity index (χ2n) is 4.43. The van der Waals surface area contributed by atoms with E-state index in [1.165, 1.54) is 6.20 Å². The zero-order valence-electron chi connectivity index (χ0n) is 10.9. The number of anilines is 2. The van der Waals surface area contributed by atoms with Crippen molar-refractivity contribution in [2.75, 3.05) is 5.32 Å². The van der Waals surface area contributed by atoms with Gasteiger partial charge in [0.2, 0.25) is 0 Å². The molecule has 0 spiro atoms. The highest BCUT2D eigenvalue weighted by molar-refractivity contribution is 5.97. The van der Waals surface area contributed by atoms with Crippen LogP contribution in [0.25, 0.3) is 10.9 Å². The summed E-state index contributed by atoms with van der Waals surface area (Å²) in [5.41, 5.74) is 4.47. The Hall–Kier alpha value is -2.99. The molecule has 2 heterocycles. The van der Waals surface area contributed by atoms with Gasteiger partial charge >= 0.3 is 0 Å². The molecule has 0 saturated carbocycles. The van der Waals surface area contributed by atoms with Gasteiger partial charge in [0.05, 0.1) is 11.1 Å². The second-order valence-corrected chi connectivity index (χ2v) is 4.43. The topological polar surface area (TPSA) is 87.1 Å². The van der Waals surface area contributed by atoms with E-state index in [9.17, 15) is 4.79 Å². The summed E-state index contributed by atoms with van der Waals surface area (Å²) in [6.45, 7) is 0. The van der Waals surface area contributed by atoms with E-state index in [-0.39, 0.29) is 0 Å². The van der Waals surface area contributed by atoms with E-state index >= 15 is 0 Å². The third-order valence-corrected chi connectivity index (χ3v) is 3.02. The zero-order chi connectivity index (χ0) is 14.7. The lowest BCUT2D eigenvalue weighted by atomic mass is 10.1. The van der Waals surface area contributed by atoms with Gasteiger partial charge in [-0.3, -0.25) is 20.0 Å². The maximum absolute atomic E-state index is 11.3. The molecular weight excluding hydrogens is 268 g/mol. The summed E-state index contributed by atoms with van der Waals surface area (Å²) in [6, 6.07) is 11.0.